The number of hydrogen-bond acceptors (Lipinski definition) is 5. The maximum absolute atomic E-state index is 13.0. The van der Waals surface area contributed by atoms with Crippen molar-refractivity contribution in [2.45, 2.75) is 0 Å². The second-order valence-electron chi connectivity index (χ2n) is 5.95. The van der Waals surface area contributed by atoms with E-state index in [1.807, 2.05) is 0 Å². The molecule has 0 aromatic heterocycles. The van der Waals surface area contributed by atoms with Gasteiger partial charge in [0.05, 0.1) is 17.5 Å². The smallest absolute Gasteiger partial charge is 0.273 e. The van der Waals surface area contributed by atoms with Gasteiger partial charge < -0.3 is 15.5 Å². The Morgan fingerprint density at radius 2 is 1.66 bits per heavy atom. The lowest BCUT2D eigenvalue weighted by Crippen LogP contribution is -2.21. The molecule has 0 atom stereocenters. The van der Waals surface area contributed by atoms with Crippen LogP contribution in [0.1, 0.15) is 26.3 Å². The Hall–Kier alpha value is -4.20. The van der Waals surface area contributed by atoms with Crippen LogP contribution in [-0.2, 0) is 0 Å². The molecule has 2 amide bonds. The zero-order valence-electron chi connectivity index (χ0n) is 15.0. The lowest BCUT2D eigenvalue weighted by Gasteiger charge is -2.10. The molecular formula is C21H16FN3O4. The molecule has 3 aromatic carbocycles. The topological polar surface area (TPSA) is 111 Å². The molecule has 0 aliphatic carbocycles. The number of hydrogen-bond donors (Lipinski definition) is 4. The fourth-order valence-electron chi connectivity index (χ4n) is 2.45. The number of benzene rings is 3. The Bertz CT molecular complexity index is 1080. The molecule has 0 fully saturated rings. The molecule has 0 spiro atoms. The van der Waals surface area contributed by atoms with Gasteiger partial charge in [0.1, 0.15) is 17.3 Å². The Kier molecular flexibility index (Phi) is 5.84. The largest absolute Gasteiger partial charge is 0.508 e. The van der Waals surface area contributed by atoms with Crippen molar-refractivity contribution >= 4 is 23.7 Å². The van der Waals surface area contributed by atoms with E-state index in [2.05, 4.69) is 15.8 Å². The normalized spacial score (nSPS) is 10.7. The van der Waals surface area contributed by atoms with Crippen LogP contribution in [0.2, 0.25) is 0 Å². The summed E-state index contributed by atoms with van der Waals surface area (Å²) in [6, 6.07) is 15.3. The van der Waals surface area contributed by atoms with Gasteiger partial charge >= 0.3 is 0 Å². The number of amides is 2. The summed E-state index contributed by atoms with van der Waals surface area (Å²) in [4.78, 5) is 24.8. The zero-order valence-corrected chi connectivity index (χ0v) is 15.0. The highest BCUT2D eigenvalue weighted by molar-refractivity contribution is 6.09. The van der Waals surface area contributed by atoms with E-state index in [-0.39, 0.29) is 28.3 Å². The number of carbonyl (C=O) groups excluding carboxylic acids is 2. The van der Waals surface area contributed by atoms with Gasteiger partial charge in [-0.25, -0.2) is 9.82 Å². The minimum absolute atomic E-state index is 0.102. The number of anilines is 1. The lowest BCUT2D eigenvalue weighted by atomic mass is 10.1. The Balaban J connectivity index is 1.72. The molecule has 0 bridgehead atoms. The van der Waals surface area contributed by atoms with E-state index in [4.69, 9.17) is 0 Å². The van der Waals surface area contributed by atoms with Crippen molar-refractivity contribution in [2.75, 3.05) is 5.32 Å². The summed E-state index contributed by atoms with van der Waals surface area (Å²) in [5.74, 6) is -1.85. The molecule has 8 heteroatoms. The van der Waals surface area contributed by atoms with Gasteiger partial charge in [0.15, 0.2) is 0 Å². The second kappa shape index (κ2) is 8.66. The molecule has 0 aliphatic heterocycles. The number of aromatic hydroxyl groups is 2. The van der Waals surface area contributed by atoms with Crippen molar-refractivity contribution in [1.82, 2.24) is 5.43 Å². The Labute approximate surface area is 165 Å². The van der Waals surface area contributed by atoms with Gasteiger partial charge in [-0.15, -0.1) is 0 Å². The van der Waals surface area contributed by atoms with Crippen molar-refractivity contribution in [1.29, 1.82) is 0 Å². The first-order chi connectivity index (χ1) is 13.9. The summed E-state index contributed by atoms with van der Waals surface area (Å²) in [6.07, 6.45) is 1.21. The third-order valence-corrected chi connectivity index (χ3v) is 3.91. The molecule has 0 aliphatic rings. The molecule has 0 radical (unpaired) electrons. The summed E-state index contributed by atoms with van der Waals surface area (Å²) in [5, 5.41) is 25.4. The number of rotatable bonds is 5. The number of phenols is 2. The fraction of sp³-hybridized carbons (Fsp3) is 0. The van der Waals surface area contributed by atoms with E-state index in [1.54, 1.807) is 18.2 Å². The van der Waals surface area contributed by atoms with Crippen LogP contribution in [0.5, 0.6) is 11.5 Å². The van der Waals surface area contributed by atoms with Crippen LogP contribution in [0.3, 0.4) is 0 Å². The summed E-state index contributed by atoms with van der Waals surface area (Å²) in [6.45, 7) is 0. The van der Waals surface area contributed by atoms with E-state index in [1.165, 1.54) is 48.7 Å². The lowest BCUT2D eigenvalue weighted by molar-refractivity contribution is 0.0956. The third kappa shape index (κ3) is 4.95. The van der Waals surface area contributed by atoms with Crippen molar-refractivity contribution in [3.63, 3.8) is 0 Å². The minimum Gasteiger partial charge on any atom is -0.508 e. The maximum atomic E-state index is 13.0. The maximum Gasteiger partial charge on any atom is 0.273 e. The predicted octanol–water partition coefficient (Wildman–Crippen LogP) is 3.25. The number of phenolic OH excluding ortho intramolecular Hbond substituents is 2. The van der Waals surface area contributed by atoms with Crippen LogP contribution < -0.4 is 10.7 Å². The Morgan fingerprint density at radius 1 is 0.931 bits per heavy atom. The average molecular weight is 393 g/mol. The number of para-hydroxylation sites is 1. The van der Waals surface area contributed by atoms with Gasteiger partial charge in [-0.2, -0.15) is 5.10 Å². The number of halogens is 1. The van der Waals surface area contributed by atoms with Gasteiger partial charge in [0, 0.05) is 17.2 Å². The standard InChI is InChI=1S/C21H16FN3O4/c22-15-8-5-13(6-9-15)20(28)24-18-4-2-1-3-17(18)21(29)25-23-12-14-7-10-16(26)11-19(14)27/h1-12,26-27H,(H,24,28)(H,25,29)/b23-12+. The number of nitrogens with one attached hydrogen (secondary N) is 2. The summed E-state index contributed by atoms with van der Waals surface area (Å²) < 4.78 is 13.0. The summed E-state index contributed by atoms with van der Waals surface area (Å²) in [7, 11) is 0. The second-order valence-corrected chi connectivity index (χ2v) is 5.95. The Morgan fingerprint density at radius 3 is 2.38 bits per heavy atom. The fourth-order valence-corrected chi connectivity index (χ4v) is 2.45. The highest BCUT2D eigenvalue weighted by Crippen LogP contribution is 2.21. The highest BCUT2D eigenvalue weighted by Gasteiger charge is 2.14. The van der Waals surface area contributed by atoms with E-state index in [9.17, 15) is 24.2 Å². The van der Waals surface area contributed by atoms with Crippen LogP contribution in [-0.4, -0.2) is 28.2 Å². The van der Waals surface area contributed by atoms with E-state index in [0.29, 0.717) is 5.56 Å². The van der Waals surface area contributed by atoms with Crippen molar-refractivity contribution in [2.24, 2.45) is 5.10 Å². The molecule has 0 heterocycles. The molecule has 146 valence electrons. The first-order valence-electron chi connectivity index (χ1n) is 8.45. The van der Waals surface area contributed by atoms with Gasteiger partial charge in [0.25, 0.3) is 11.8 Å². The van der Waals surface area contributed by atoms with Gasteiger partial charge in [0.2, 0.25) is 0 Å². The molecule has 29 heavy (non-hydrogen) atoms. The minimum atomic E-state index is -0.588. The number of hydrazone groups is 1. The zero-order chi connectivity index (χ0) is 20.8. The van der Waals surface area contributed by atoms with Crippen molar-refractivity contribution < 1.29 is 24.2 Å². The van der Waals surface area contributed by atoms with Gasteiger partial charge in [-0.05, 0) is 48.5 Å². The van der Waals surface area contributed by atoms with Crippen molar-refractivity contribution in [3.8, 4) is 11.5 Å². The summed E-state index contributed by atoms with van der Waals surface area (Å²) in [5.41, 5.74) is 3.25. The number of carbonyl (C=O) groups is 2. The molecule has 3 aromatic rings. The quantitative estimate of drug-likeness (QED) is 0.394. The van der Waals surface area contributed by atoms with E-state index >= 15 is 0 Å². The van der Waals surface area contributed by atoms with E-state index in [0.717, 1.165) is 6.07 Å². The molecule has 0 saturated heterocycles. The monoisotopic (exact) mass is 393 g/mol. The highest BCUT2D eigenvalue weighted by atomic mass is 19.1. The van der Waals surface area contributed by atoms with Crippen LogP contribution >= 0.6 is 0 Å². The van der Waals surface area contributed by atoms with Crippen LogP contribution in [0.25, 0.3) is 0 Å². The summed E-state index contributed by atoms with van der Waals surface area (Å²) >= 11 is 0. The molecule has 0 unspecified atom stereocenters. The molecular weight excluding hydrogens is 377 g/mol. The van der Waals surface area contributed by atoms with E-state index < -0.39 is 17.6 Å². The van der Waals surface area contributed by atoms with Crippen LogP contribution in [0.4, 0.5) is 10.1 Å². The van der Waals surface area contributed by atoms with Crippen molar-refractivity contribution in [3.05, 3.63) is 89.2 Å². The van der Waals surface area contributed by atoms with Gasteiger partial charge in [-0.3, -0.25) is 9.59 Å². The average Bonchev–Trinajstić information content (AvgIpc) is 2.70. The molecule has 0 saturated carbocycles. The van der Waals surface area contributed by atoms with Crippen LogP contribution in [0.15, 0.2) is 71.8 Å². The first-order valence-corrected chi connectivity index (χ1v) is 8.45. The SMILES string of the molecule is O=C(Nc1ccccc1C(=O)N/N=C/c1ccc(O)cc1O)c1ccc(F)cc1. The predicted molar refractivity (Wildman–Crippen MR) is 106 cm³/mol. The first kappa shape index (κ1) is 19.6. The third-order valence-electron chi connectivity index (χ3n) is 3.91. The molecule has 7 nitrogen and oxygen atoms in total. The number of nitrogens with zero attached hydrogens (tertiary/aromatic N) is 1. The molecule has 3 rings (SSSR count). The van der Waals surface area contributed by atoms with Crippen LogP contribution in [0, 0.1) is 5.82 Å². The molecule has 4 N–H and O–H groups in total. The van der Waals surface area contributed by atoms with Gasteiger partial charge in [-0.1, -0.05) is 12.1 Å².